The molecule has 0 saturated heterocycles. The molecule has 0 aliphatic rings. The van der Waals surface area contributed by atoms with E-state index in [4.69, 9.17) is 14.9 Å². The van der Waals surface area contributed by atoms with Crippen molar-refractivity contribution in [3.8, 4) is 28.3 Å². The lowest BCUT2D eigenvalue weighted by molar-refractivity contribution is 0.0827. The number of aromatic nitrogens is 2. The first-order valence-electron chi connectivity index (χ1n) is 14.7. The summed E-state index contributed by atoms with van der Waals surface area (Å²) < 4.78 is 41.5. The maximum Gasteiger partial charge on any atom is 0.271 e. The SMILES string of the molecule is CCOc1ccn(-c2ccc(F)cc2)c(=O)c1C(=O)Nc1ccc(O/C(=C/C=N)c2[nH]ccc2-c2cccc(C(=O)N(C)C)c2)c(F)c1. The molecule has 2 amide bonds. The molecular formula is C36H31F2N5O5. The number of benzene rings is 3. The Labute approximate surface area is 274 Å². The number of halogens is 2. The Kier molecular flexibility index (Phi) is 9.94. The van der Waals surface area contributed by atoms with Crippen LogP contribution in [-0.2, 0) is 0 Å². The third kappa shape index (κ3) is 7.07. The van der Waals surface area contributed by atoms with Gasteiger partial charge in [-0.25, -0.2) is 8.78 Å². The summed E-state index contributed by atoms with van der Waals surface area (Å²) in [7, 11) is 3.32. The van der Waals surface area contributed by atoms with Crippen LogP contribution in [0, 0.1) is 17.0 Å². The zero-order chi connectivity index (χ0) is 34.4. The number of aromatic amines is 1. The Morgan fingerprint density at radius 1 is 1.00 bits per heavy atom. The van der Waals surface area contributed by atoms with Crippen LogP contribution in [0.5, 0.6) is 11.5 Å². The summed E-state index contributed by atoms with van der Waals surface area (Å²) in [5.41, 5.74) is 1.59. The summed E-state index contributed by atoms with van der Waals surface area (Å²) in [6.45, 7) is 1.87. The molecule has 0 aliphatic carbocycles. The third-order valence-corrected chi connectivity index (χ3v) is 7.15. The average Bonchev–Trinajstić information content (AvgIpc) is 3.56. The molecule has 2 heterocycles. The second-order valence-electron chi connectivity index (χ2n) is 10.6. The van der Waals surface area contributed by atoms with Crippen LogP contribution in [0.25, 0.3) is 22.6 Å². The van der Waals surface area contributed by atoms with Crippen LogP contribution in [0.1, 0.15) is 33.3 Å². The van der Waals surface area contributed by atoms with Crippen molar-refractivity contribution in [1.82, 2.24) is 14.5 Å². The Morgan fingerprint density at radius 2 is 1.77 bits per heavy atom. The van der Waals surface area contributed by atoms with E-state index in [2.05, 4.69) is 10.3 Å². The van der Waals surface area contributed by atoms with Gasteiger partial charge in [0.25, 0.3) is 17.4 Å². The average molecular weight is 652 g/mol. The molecule has 5 aromatic rings. The van der Waals surface area contributed by atoms with Crippen LogP contribution >= 0.6 is 0 Å². The van der Waals surface area contributed by atoms with Gasteiger partial charge in [0.05, 0.1) is 12.3 Å². The van der Waals surface area contributed by atoms with Crippen molar-refractivity contribution >= 4 is 29.5 Å². The number of hydrogen-bond acceptors (Lipinski definition) is 6. The molecule has 0 radical (unpaired) electrons. The first kappa shape index (κ1) is 33.1. The van der Waals surface area contributed by atoms with E-state index in [0.717, 1.165) is 12.3 Å². The minimum Gasteiger partial charge on any atom is -0.493 e. The normalized spacial score (nSPS) is 11.1. The molecule has 3 aromatic carbocycles. The highest BCUT2D eigenvalue weighted by Gasteiger charge is 2.22. The number of H-pyrrole nitrogens is 1. The summed E-state index contributed by atoms with van der Waals surface area (Å²) in [4.78, 5) is 43.8. The summed E-state index contributed by atoms with van der Waals surface area (Å²) >= 11 is 0. The number of anilines is 1. The van der Waals surface area contributed by atoms with Gasteiger partial charge in [-0.2, -0.15) is 0 Å². The van der Waals surface area contributed by atoms with Crippen molar-refractivity contribution in [1.29, 1.82) is 5.41 Å². The monoisotopic (exact) mass is 651 g/mol. The van der Waals surface area contributed by atoms with Crippen LogP contribution in [0.4, 0.5) is 14.5 Å². The van der Waals surface area contributed by atoms with E-state index in [1.54, 1.807) is 51.5 Å². The van der Waals surface area contributed by atoms with Crippen LogP contribution in [0.2, 0.25) is 0 Å². The second kappa shape index (κ2) is 14.4. The van der Waals surface area contributed by atoms with Gasteiger partial charge in [0.2, 0.25) is 0 Å². The Bertz CT molecular complexity index is 2080. The molecule has 10 nitrogen and oxygen atoms in total. The van der Waals surface area contributed by atoms with Crippen LogP contribution in [0.3, 0.4) is 0 Å². The molecule has 0 aliphatic heterocycles. The van der Waals surface area contributed by atoms with Crippen LogP contribution in [0.15, 0.2) is 102 Å². The van der Waals surface area contributed by atoms with E-state index in [-0.39, 0.29) is 41.0 Å². The number of nitrogens with one attached hydrogen (secondary N) is 3. The Balaban J connectivity index is 1.41. The van der Waals surface area contributed by atoms with E-state index >= 15 is 4.39 Å². The van der Waals surface area contributed by atoms with Crippen molar-refractivity contribution in [2.45, 2.75) is 6.92 Å². The highest BCUT2D eigenvalue weighted by atomic mass is 19.1. The minimum absolute atomic E-state index is 0.0265. The summed E-state index contributed by atoms with van der Waals surface area (Å²) in [6, 6.07) is 19.1. The van der Waals surface area contributed by atoms with Crippen molar-refractivity contribution in [2.75, 3.05) is 26.0 Å². The number of nitrogens with zero attached hydrogens (tertiary/aromatic N) is 2. The van der Waals surface area contributed by atoms with Gasteiger partial charge in [-0.05, 0) is 73.2 Å². The maximum absolute atomic E-state index is 15.4. The predicted octanol–water partition coefficient (Wildman–Crippen LogP) is 6.53. The van der Waals surface area contributed by atoms with Gasteiger partial charge in [-0.1, -0.05) is 12.1 Å². The third-order valence-electron chi connectivity index (χ3n) is 7.15. The summed E-state index contributed by atoms with van der Waals surface area (Å²) in [6.07, 6.45) is 5.41. The Morgan fingerprint density at radius 3 is 2.46 bits per heavy atom. The van der Waals surface area contributed by atoms with Gasteiger partial charge in [-0.3, -0.25) is 19.0 Å². The predicted molar refractivity (Wildman–Crippen MR) is 179 cm³/mol. The number of carbonyl (C=O) groups excluding carboxylic acids is 2. The molecule has 0 saturated carbocycles. The molecule has 5 rings (SSSR count). The fraction of sp³-hybridized carbons (Fsp3) is 0.111. The minimum atomic E-state index is -0.844. The van der Waals surface area contributed by atoms with Crippen molar-refractivity contribution in [3.63, 3.8) is 0 Å². The number of ether oxygens (including phenoxy) is 2. The lowest BCUT2D eigenvalue weighted by atomic mass is 10.0. The molecule has 0 atom stereocenters. The van der Waals surface area contributed by atoms with Crippen LogP contribution < -0.4 is 20.3 Å². The van der Waals surface area contributed by atoms with E-state index < -0.39 is 23.1 Å². The van der Waals surface area contributed by atoms with Gasteiger partial charge in [0, 0.05) is 67.3 Å². The highest BCUT2D eigenvalue weighted by Crippen LogP contribution is 2.32. The second-order valence-corrected chi connectivity index (χ2v) is 10.6. The van der Waals surface area contributed by atoms with Gasteiger partial charge in [-0.15, -0.1) is 0 Å². The quantitative estimate of drug-likeness (QED) is 0.110. The number of carbonyl (C=O) groups is 2. The van der Waals surface area contributed by atoms with Gasteiger partial charge < -0.3 is 30.1 Å². The fourth-order valence-corrected chi connectivity index (χ4v) is 4.92. The zero-order valence-electron chi connectivity index (χ0n) is 26.2. The molecule has 0 fully saturated rings. The van der Waals surface area contributed by atoms with Crippen molar-refractivity contribution < 1.29 is 27.8 Å². The molecule has 0 bridgehead atoms. The van der Waals surface area contributed by atoms with Gasteiger partial charge in [0.1, 0.15) is 17.1 Å². The number of amides is 2. The van der Waals surface area contributed by atoms with E-state index in [0.29, 0.717) is 28.1 Å². The van der Waals surface area contributed by atoms with E-state index in [1.165, 1.54) is 64.2 Å². The maximum atomic E-state index is 15.4. The van der Waals surface area contributed by atoms with Crippen molar-refractivity contribution in [3.05, 3.63) is 136 Å². The molecule has 48 heavy (non-hydrogen) atoms. The van der Waals surface area contributed by atoms with Crippen LogP contribution in [-0.4, -0.2) is 53.2 Å². The summed E-state index contributed by atoms with van der Waals surface area (Å²) in [5, 5.41) is 10.2. The zero-order valence-corrected chi connectivity index (χ0v) is 26.2. The first-order chi connectivity index (χ1) is 23.1. The molecule has 0 spiro atoms. The largest absolute Gasteiger partial charge is 0.493 e. The number of allylic oxidation sites excluding steroid dienone is 1. The number of hydrogen-bond donors (Lipinski definition) is 3. The molecule has 3 N–H and O–H groups in total. The summed E-state index contributed by atoms with van der Waals surface area (Å²) in [5.74, 6) is -2.39. The number of pyridine rings is 1. The van der Waals surface area contributed by atoms with Crippen molar-refractivity contribution in [2.24, 2.45) is 0 Å². The van der Waals surface area contributed by atoms with Gasteiger partial charge in [0.15, 0.2) is 17.3 Å². The first-order valence-corrected chi connectivity index (χ1v) is 14.7. The smallest absolute Gasteiger partial charge is 0.271 e. The fourth-order valence-electron chi connectivity index (χ4n) is 4.92. The van der Waals surface area contributed by atoms with E-state index in [1.807, 2.05) is 6.07 Å². The molecule has 0 unspecified atom stereocenters. The highest BCUT2D eigenvalue weighted by molar-refractivity contribution is 6.06. The lowest BCUT2D eigenvalue weighted by Gasteiger charge is -2.15. The molecule has 2 aromatic heterocycles. The standard InChI is InChI=1S/C36H31F2N5O5/c1-4-47-30-16-19-43(26-11-8-24(37)9-12-26)36(46)32(30)34(44)41-25-10-13-29(28(38)21-25)48-31(14-17-39)33-27(15-18-40-33)22-6-5-7-23(20-22)35(45)42(2)3/h5-21,39-40H,4H2,1-3H3,(H,41,44)/b31-14+,39-17?. The van der Waals surface area contributed by atoms with E-state index in [9.17, 15) is 18.8 Å². The van der Waals surface area contributed by atoms with Gasteiger partial charge >= 0.3 is 0 Å². The lowest BCUT2D eigenvalue weighted by Crippen LogP contribution is -2.29. The topological polar surface area (TPSA) is 130 Å². The Hall–Kier alpha value is -6.30. The molecule has 244 valence electrons. The molecular weight excluding hydrogens is 620 g/mol. The molecule has 12 heteroatoms. The number of rotatable bonds is 11.